The average molecular weight is 530 g/mol. The second-order valence-corrected chi connectivity index (χ2v) is 10.5. The van der Waals surface area contributed by atoms with Crippen molar-refractivity contribution in [3.8, 4) is 0 Å². The summed E-state index contributed by atoms with van der Waals surface area (Å²) in [5, 5.41) is 15.0. The van der Waals surface area contributed by atoms with Gasteiger partial charge in [0.15, 0.2) is 15.5 Å². The average Bonchev–Trinajstić information content (AvgIpc) is 3.37. The standard InChI is InChI=1S/C23H17ClFN5O5S/c24-14-5-11(1-4-15(14)25)7-27-22(31)21-20-19(28-10-29-21)16(8-26-20)30-17-9-36(34,35)18-6-12(23(32)33)2-3-13(17)18/h1-6,8,10,17,26,30H,7,9H2,(H,27,31)(H,32,33). The molecular weight excluding hydrogens is 513 g/mol. The van der Waals surface area contributed by atoms with Gasteiger partial charge in [-0.05, 0) is 35.4 Å². The number of aromatic nitrogens is 3. The lowest BCUT2D eigenvalue weighted by Crippen LogP contribution is -2.24. The summed E-state index contributed by atoms with van der Waals surface area (Å²) in [6, 6.07) is 7.46. The van der Waals surface area contributed by atoms with E-state index in [4.69, 9.17) is 11.6 Å². The first-order chi connectivity index (χ1) is 17.1. The lowest BCUT2D eigenvalue weighted by Gasteiger charge is -2.13. The van der Waals surface area contributed by atoms with Crippen molar-refractivity contribution < 1.29 is 27.5 Å². The van der Waals surface area contributed by atoms with Crippen LogP contribution in [0.5, 0.6) is 0 Å². The number of anilines is 1. The number of carbonyl (C=O) groups excluding carboxylic acids is 1. The summed E-state index contributed by atoms with van der Waals surface area (Å²) in [4.78, 5) is 35.3. The summed E-state index contributed by atoms with van der Waals surface area (Å²) in [6.07, 6.45) is 2.76. The predicted molar refractivity (Wildman–Crippen MR) is 128 cm³/mol. The molecule has 0 radical (unpaired) electrons. The maximum Gasteiger partial charge on any atom is 0.335 e. The quantitative estimate of drug-likeness (QED) is 0.296. The minimum Gasteiger partial charge on any atom is -0.478 e. The van der Waals surface area contributed by atoms with Crippen LogP contribution in [0, 0.1) is 5.82 Å². The Morgan fingerprint density at radius 3 is 2.75 bits per heavy atom. The molecule has 5 rings (SSSR count). The largest absolute Gasteiger partial charge is 0.478 e. The van der Waals surface area contributed by atoms with E-state index in [1.807, 2.05) is 0 Å². The zero-order valence-electron chi connectivity index (χ0n) is 18.2. The normalized spacial score (nSPS) is 16.0. The Balaban J connectivity index is 1.39. The van der Waals surface area contributed by atoms with Crippen molar-refractivity contribution in [1.82, 2.24) is 20.3 Å². The molecule has 0 saturated carbocycles. The third-order valence-electron chi connectivity index (χ3n) is 5.80. The molecule has 1 atom stereocenters. The summed E-state index contributed by atoms with van der Waals surface area (Å²) < 4.78 is 38.7. The van der Waals surface area contributed by atoms with Gasteiger partial charge in [0.1, 0.15) is 17.7 Å². The number of sulfone groups is 1. The number of H-pyrrole nitrogens is 1. The molecule has 36 heavy (non-hydrogen) atoms. The number of rotatable bonds is 6. The number of carboxylic acid groups (broad SMARTS) is 1. The number of halogens is 2. The van der Waals surface area contributed by atoms with Gasteiger partial charge in [-0.25, -0.2) is 27.6 Å². The number of hydrogen-bond donors (Lipinski definition) is 4. The van der Waals surface area contributed by atoms with Crippen molar-refractivity contribution in [2.75, 3.05) is 11.1 Å². The van der Waals surface area contributed by atoms with Crippen molar-refractivity contribution >= 4 is 50.0 Å². The first-order valence-corrected chi connectivity index (χ1v) is 12.6. The molecule has 0 bridgehead atoms. The highest BCUT2D eigenvalue weighted by atomic mass is 35.5. The maximum atomic E-state index is 13.4. The van der Waals surface area contributed by atoms with E-state index in [0.717, 1.165) is 6.07 Å². The molecule has 2 aromatic heterocycles. The highest BCUT2D eigenvalue weighted by Gasteiger charge is 2.36. The summed E-state index contributed by atoms with van der Waals surface area (Å²) in [6.45, 7) is 0.0885. The highest BCUT2D eigenvalue weighted by Crippen LogP contribution is 2.37. The highest BCUT2D eigenvalue weighted by molar-refractivity contribution is 7.91. The van der Waals surface area contributed by atoms with Crippen LogP contribution in [0.2, 0.25) is 5.02 Å². The van der Waals surface area contributed by atoms with Crippen LogP contribution < -0.4 is 10.6 Å². The van der Waals surface area contributed by atoms with Gasteiger partial charge in [0.05, 0.1) is 38.5 Å². The molecule has 2 aromatic carbocycles. The van der Waals surface area contributed by atoms with E-state index < -0.39 is 33.6 Å². The summed E-state index contributed by atoms with van der Waals surface area (Å²) in [7, 11) is -3.69. The zero-order valence-corrected chi connectivity index (χ0v) is 19.8. The fraction of sp³-hybridized carbons (Fsp3) is 0.130. The number of nitrogens with one attached hydrogen (secondary N) is 3. The van der Waals surface area contributed by atoms with Crippen LogP contribution in [0.25, 0.3) is 11.0 Å². The van der Waals surface area contributed by atoms with Crippen molar-refractivity contribution in [1.29, 1.82) is 0 Å². The van der Waals surface area contributed by atoms with E-state index in [1.54, 1.807) is 6.20 Å². The van der Waals surface area contributed by atoms with E-state index in [-0.39, 0.29) is 33.5 Å². The molecule has 0 fully saturated rings. The van der Waals surface area contributed by atoms with Gasteiger partial charge >= 0.3 is 5.97 Å². The van der Waals surface area contributed by atoms with E-state index in [0.29, 0.717) is 27.8 Å². The van der Waals surface area contributed by atoms with E-state index >= 15 is 0 Å². The van der Waals surface area contributed by atoms with Crippen LogP contribution in [-0.2, 0) is 16.4 Å². The van der Waals surface area contributed by atoms with Gasteiger partial charge in [-0.3, -0.25) is 4.79 Å². The molecule has 10 nitrogen and oxygen atoms in total. The Kier molecular flexibility index (Phi) is 5.85. The minimum atomic E-state index is -3.69. The SMILES string of the molecule is O=C(O)c1ccc2c(c1)S(=O)(=O)CC2Nc1c[nH]c2c(C(=O)NCc3ccc(F)c(Cl)c3)ncnc12. The number of aromatic amines is 1. The summed E-state index contributed by atoms with van der Waals surface area (Å²) >= 11 is 5.78. The van der Waals surface area contributed by atoms with Crippen LogP contribution in [0.3, 0.4) is 0 Å². The number of benzene rings is 2. The molecular formula is C23H17ClFN5O5S. The molecule has 1 unspecified atom stereocenters. The van der Waals surface area contributed by atoms with Crippen LogP contribution in [0.1, 0.15) is 38.0 Å². The molecule has 184 valence electrons. The van der Waals surface area contributed by atoms with E-state index in [2.05, 4.69) is 25.6 Å². The van der Waals surface area contributed by atoms with Gasteiger partial charge in [0.2, 0.25) is 0 Å². The Labute approximate surface area is 208 Å². The molecule has 3 heterocycles. The van der Waals surface area contributed by atoms with Crippen molar-refractivity contribution in [2.24, 2.45) is 0 Å². The molecule has 1 aliphatic rings. The minimum absolute atomic E-state index is 0.0321. The topological polar surface area (TPSA) is 154 Å². The Morgan fingerprint density at radius 1 is 1.19 bits per heavy atom. The number of nitrogens with zero attached hydrogens (tertiary/aromatic N) is 2. The van der Waals surface area contributed by atoms with Gasteiger partial charge in [-0.2, -0.15) is 0 Å². The van der Waals surface area contributed by atoms with Crippen LogP contribution >= 0.6 is 11.6 Å². The van der Waals surface area contributed by atoms with E-state index in [9.17, 15) is 27.5 Å². The van der Waals surface area contributed by atoms with Crippen molar-refractivity contribution in [3.05, 3.63) is 82.1 Å². The second-order valence-electron chi connectivity index (χ2n) is 8.12. The molecule has 0 spiro atoms. The molecule has 1 aliphatic heterocycles. The first-order valence-electron chi connectivity index (χ1n) is 10.5. The predicted octanol–water partition coefficient (Wildman–Crippen LogP) is 3.32. The monoisotopic (exact) mass is 529 g/mol. The lowest BCUT2D eigenvalue weighted by atomic mass is 10.1. The van der Waals surface area contributed by atoms with Crippen LogP contribution in [0.15, 0.2) is 53.8 Å². The smallest absolute Gasteiger partial charge is 0.335 e. The third-order valence-corrected chi connectivity index (χ3v) is 7.89. The van der Waals surface area contributed by atoms with Crippen molar-refractivity contribution in [2.45, 2.75) is 17.5 Å². The number of carbonyl (C=O) groups is 2. The maximum absolute atomic E-state index is 13.4. The molecule has 13 heteroatoms. The molecule has 1 amide bonds. The fourth-order valence-electron chi connectivity index (χ4n) is 4.07. The van der Waals surface area contributed by atoms with Crippen LogP contribution in [-0.4, -0.2) is 46.1 Å². The van der Waals surface area contributed by atoms with Gasteiger partial charge in [-0.15, -0.1) is 0 Å². The third kappa shape index (κ3) is 4.25. The van der Waals surface area contributed by atoms with Gasteiger partial charge in [0.25, 0.3) is 5.91 Å². The van der Waals surface area contributed by atoms with Gasteiger partial charge < -0.3 is 20.7 Å². The van der Waals surface area contributed by atoms with Gasteiger partial charge in [0, 0.05) is 12.7 Å². The zero-order chi connectivity index (χ0) is 25.6. The summed E-state index contributed by atoms with van der Waals surface area (Å²) in [5.74, 6) is -2.55. The Bertz CT molecular complexity index is 1660. The first kappa shape index (κ1) is 23.7. The van der Waals surface area contributed by atoms with E-state index in [1.165, 1.54) is 36.7 Å². The molecule has 4 N–H and O–H groups in total. The van der Waals surface area contributed by atoms with Crippen LogP contribution in [0.4, 0.5) is 10.1 Å². The lowest BCUT2D eigenvalue weighted by molar-refractivity contribution is 0.0696. The number of amides is 1. The van der Waals surface area contributed by atoms with Gasteiger partial charge in [-0.1, -0.05) is 23.7 Å². The second kappa shape index (κ2) is 8.88. The number of hydrogen-bond acceptors (Lipinski definition) is 7. The Morgan fingerprint density at radius 2 is 2.00 bits per heavy atom. The number of aromatic carboxylic acids is 1. The number of fused-ring (bicyclic) bond motifs is 2. The molecule has 0 aliphatic carbocycles. The van der Waals surface area contributed by atoms with Crippen molar-refractivity contribution in [3.63, 3.8) is 0 Å². The Hall–Kier alpha value is -4.03. The fourth-order valence-corrected chi connectivity index (χ4v) is 6.03. The molecule has 0 saturated heterocycles. The number of carboxylic acids is 1. The molecule has 4 aromatic rings. The summed E-state index contributed by atoms with van der Waals surface area (Å²) in [5.41, 5.74) is 2.13.